The topological polar surface area (TPSA) is 106 Å². The third-order valence-corrected chi connectivity index (χ3v) is 8.13. The third kappa shape index (κ3) is 4.02. The van der Waals surface area contributed by atoms with Gasteiger partial charge in [0, 0.05) is 11.6 Å². The van der Waals surface area contributed by atoms with Crippen molar-refractivity contribution in [2.45, 2.75) is 45.1 Å². The second-order valence-corrected chi connectivity index (χ2v) is 11.6. The minimum atomic E-state index is -3.27. The van der Waals surface area contributed by atoms with Gasteiger partial charge in [-0.2, -0.15) is 0 Å². The number of ether oxygens (including phenoxy) is 1. The molecule has 2 amide bonds. The summed E-state index contributed by atoms with van der Waals surface area (Å²) >= 11 is 0. The number of aromatic nitrogens is 1. The lowest BCUT2D eigenvalue weighted by molar-refractivity contribution is -0.121. The van der Waals surface area contributed by atoms with E-state index in [4.69, 9.17) is 4.74 Å². The summed E-state index contributed by atoms with van der Waals surface area (Å²) in [6.07, 6.45) is 1.14. The molecule has 34 heavy (non-hydrogen) atoms. The monoisotopic (exact) mass is 493 g/mol. The Hall–Kier alpha value is -3.08. The fourth-order valence-corrected chi connectivity index (χ4v) is 6.52. The Morgan fingerprint density at radius 2 is 1.91 bits per heavy atom. The zero-order valence-corrected chi connectivity index (χ0v) is 20.1. The molecule has 0 aliphatic carbocycles. The molecule has 182 valence electrons. The van der Waals surface area contributed by atoms with Crippen LogP contribution in [0.15, 0.2) is 24.4 Å². The van der Waals surface area contributed by atoms with E-state index in [1.54, 1.807) is 27.7 Å². The van der Waals surface area contributed by atoms with Crippen LogP contribution in [0, 0.1) is 11.6 Å². The average Bonchev–Trinajstić information content (AvgIpc) is 3.13. The number of hydrogen-bond donors (Lipinski definition) is 1. The molecular weight excluding hydrogens is 468 g/mol. The van der Waals surface area contributed by atoms with Crippen molar-refractivity contribution >= 4 is 33.0 Å². The number of hydrogen-bond acceptors (Lipinski definition) is 6. The molecule has 0 radical (unpaired) electrons. The summed E-state index contributed by atoms with van der Waals surface area (Å²) in [5.74, 6) is -3.14. The number of benzene rings is 1. The molecule has 1 atom stereocenters. The lowest BCUT2D eigenvalue weighted by Crippen LogP contribution is -2.47. The number of sulfone groups is 1. The van der Waals surface area contributed by atoms with E-state index in [0.717, 1.165) is 17.2 Å². The molecule has 8 nitrogen and oxygen atoms in total. The van der Waals surface area contributed by atoms with Crippen molar-refractivity contribution in [1.29, 1.82) is 0 Å². The maximum Gasteiger partial charge on any atom is 0.251 e. The predicted octanol–water partition coefficient (Wildman–Crippen LogP) is 3.02. The zero-order chi connectivity index (χ0) is 25.1. The van der Waals surface area contributed by atoms with Crippen LogP contribution in [-0.2, 0) is 20.0 Å². The summed E-state index contributed by atoms with van der Waals surface area (Å²) in [7, 11) is -3.27. The number of nitrogens with zero attached hydrogens (tertiary/aromatic N) is 2. The Kier molecular flexibility index (Phi) is 5.66. The summed E-state index contributed by atoms with van der Waals surface area (Å²) < 4.78 is 59.2. The van der Waals surface area contributed by atoms with Crippen molar-refractivity contribution in [3.8, 4) is 5.88 Å². The van der Waals surface area contributed by atoms with Gasteiger partial charge in [0.05, 0.1) is 46.6 Å². The minimum absolute atomic E-state index is 0.0416. The van der Waals surface area contributed by atoms with Gasteiger partial charge in [0.25, 0.3) is 5.91 Å². The Balaban J connectivity index is 1.76. The summed E-state index contributed by atoms with van der Waals surface area (Å²) in [5, 5.41) is 2.69. The van der Waals surface area contributed by atoms with Gasteiger partial charge in [-0.25, -0.2) is 22.2 Å². The molecule has 0 spiro atoms. The second kappa shape index (κ2) is 8.00. The van der Waals surface area contributed by atoms with E-state index in [9.17, 15) is 22.4 Å². The predicted molar refractivity (Wildman–Crippen MR) is 121 cm³/mol. The van der Waals surface area contributed by atoms with Gasteiger partial charge in [-0.1, -0.05) is 0 Å². The third-order valence-electron chi connectivity index (χ3n) is 6.22. The first-order valence-electron chi connectivity index (χ1n) is 10.8. The Bertz CT molecular complexity index is 1310. The molecule has 0 saturated carbocycles. The van der Waals surface area contributed by atoms with Crippen LogP contribution in [-0.4, -0.2) is 48.9 Å². The summed E-state index contributed by atoms with van der Waals surface area (Å²) in [6, 6.07) is 3.58. The first-order valence-corrected chi connectivity index (χ1v) is 12.6. The highest BCUT2D eigenvalue weighted by molar-refractivity contribution is 7.91. The first-order chi connectivity index (χ1) is 15.8. The van der Waals surface area contributed by atoms with Crippen LogP contribution in [0.2, 0.25) is 0 Å². The Morgan fingerprint density at radius 1 is 1.21 bits per heavy atom. The molecule has 2 aromatic rings. The van der Waals surface area contributed by atoms with Crippen molar-refractivity contribution in [1.82, 2.24) is 10.3 Å². The number of rotatable bonds is 5. The van der Waals surface area contributed by atoms with E-state index in [1.807, 2.05) is 0 Å². The SMILES string of the molecule is CCOc1cc(N2C(=O)C(C)(C)c3cc(C(=O)N[C@]4(C)CCS(=O)(=O)C4)cc(F)c32)c(F)cn1. The van der Waals surface area contributed by atoms with E-state index in [-0.39, 0.29) is 52.9 Å². The van der Waals surface area contributed by atoms with Gasteiger partial charge in [-0.05, 0) is 51.8 Å². The molecule has 2 aliphatic heterocycles. The Labute approximate surface area is 196 Å². The molecule has 0 bridgehead atoms. The second-order valence-electron chi connectivity index (χ2n) is 9.38. The number of carbonyl (C=O) groups excluding carboxylic acids is 2. The highest BCUT2D eigenvalue weighted by Gasteiger charge is 2.48. The molecule has 3 heterocycles. The van der Waals surface area contributed by atoms with Gasteiger partial charge < -0.3 is 10.1 Å². The van der Waals surface area contributed by atoms with Crippen LogP contribution in [0.4, 0.5) is 20.2 Å². The van der Waals surface area contributed by atoms with Gasteiger partial charge in [-0.15, -0.1) is 0 Å². The van der Waals surface area contributed by atoms with Crippen LogP contribution in [0.25, 0.3) is 0 Å². The molecule has 1 saturated heterocycles. The molecular formula is C23H25F2N3O5S. The molecule has 1 N–H and O–H groups in total. The van der Waals surface area contributed by atoms with E-state index in [2.05, 4.69) is 10.3 Å². The fraction of sp³-hybridized carbons (Fsp3) is 0.435. The number of anilines is 2. The zero-order valence-electron chi connectivity index (χ0n) is 19.2. The normalized spacial score (nSPS) is 22.5. The Morgan fingerprint density at radius 3 is 2.53 bits per heavy atom. The number of halogens is 2. The standard InChI is InChI=1S/C23H25F2N3O5S/c1-5-33-18-10-17(16(25)11-26-18)28-19-14(22(2,3)21(28)30)8-13(9-15(19)24)20(29)27-23(4)6-7-34(31,32)12-23/h8-11H,5-7,12H2,1-4H3,(H,27,29)/t23-/m1/s1. The van der Waals surface area contributed by atoms with Gasteiger partial charge in [-0.3, -0.25) is 14.5 Å². The summed E-state index contributed by atoms with van der Waals surface area (Å²) in [5.41, 5.74) is -2.47. The maximum absolute atomic E-state index is 15.4. The van der Waals surface area contributed by atoms with E-state index < -0.39 is 44.2 Å². The first kappa shape index (κ1) is 24.1. The van der Waals surface area contributed by atoms with Crippen LogP contribution in [0.1, 0.15) is 50.0 Å². The fourth-order valence-electron chi connectivity index (χ4n) is 4.42. The van der Waals surface area contributed by atoms with Gasteiger partial charge in [0.1, 0.15) is 5.82 Å². The minimum Gasteiger partial charge on any atom is -0.478 e. The van der Waals surface area contributed by atoms with E-state index in [1.165, 1.54) is 12.1 Å². The van der Waals surface area contributed by atoms with Crippen LogP contribution in [0.3, 0.4) is 0 Å². The molecule has 0 unspecified atom stereocenters. The van der Waals surface area contributed by atoms with Gasteiger partial charge >= 0.3 is 0 Å². The largest absolute Gasteiger partial charge is 0.478 e. The maximum atomic E-state index is 15.4. The van der Waals surface area contributed by atoms with Crippen molar-refractivity contribution in [3.63, 3.8) is 0 Å². The summed E-state index contributed by atoms with van der Waals surface area (Å²) in [6.45, 7) is 6.72. The van der Waals surface area contributed by atoms with Crippen molar-refractivity contribution in [2.24, 2.45) is 0 Å². The smallest absolute Gasteiger partial charge is 0.251 e. The number of fused-ring (bicyclic) bond motifs is 1. The van der Waals surface area contributed by atoms with Crippen LogP contribution < -0.4 is 15.0 Å². The highest BCUT2D eigenvalue weighted by atomic mass is 32.2. The average molecular weight is 494 g/mol. The number of nitrogens with one attached hydrogen (secondary N) is 1. The molecule has 1 aromatic heterocycles. The highest BCUT2D eigenvalue weighted by Crippen LogP contribution is 2.48. The number of pyridine rings is 1. The molecule has 11 heteroatoms. The number of carbonyl (C=O) groups is 2. The van der Waals surface area contributed by atoms with Gasteiger partial charge in [0.15, 0.2) is 15.7 Å². The van der Waals surface area contributed by atoms with Crippen molar-refractivity contribution in [3.05, 3.63) is 47.2 Å². The molecule has 4 rings (SSSR count). The van der Waals surface area contributed by atoms with Crippen LogP contribution >= 0.6 is 0 Å². The van der Waals surface area contributed by atoms with Crippen molar-refractivity contribution < 1.29 is 31.5 Å². The van der Waals surface area contributed by atoms with Gasteiger partial charge in [0.2, 0.25) is 11.8 Å². The van der Waals surface area contributed by atoms with Crippen molar-refractivity contribution in [2.75, 3.05) is 23.0 Å². The lowest BCUT2D eigenvalue weighted by Gasteiger charge is -2.24. The van der Waals surface area contributed by atoms with E-state index >= 15 is 4.39 Å². The quantitative estimate of drug-likeness (QED) is 0.687. The molecule has 1 fully saturated rings. The van der Waals surface area contributed by atoms with Crippen LogP contribution in [0.5, 0.6) is 5.88 Å². The lowest BCUT2D eigenvalue weighted by atomic mass is 9.85. The molecule has 1 aromatic carbocycles. The molecule has 2 aliphatic rings. The van der Waals surface area contributed by atoms with E-state index in [0.29, 0.717) is 0 Å². The number of amides is 2. The summed E-state index contributed by atoms with van der Waals surface area (Å²) in [4.78, 5) is 31.0.